The second-order valence-electron chi connectivity index (χ2n) is 6.17. The topological polar surface area (TPSA) is 77.8 Å². The SMILES string of the molecule is COc1cccn(C(C)C(=O)c2ccc3c(c2)N(C)C(=O)C(C)O3)c1=O. The van der Waals surface area contributed by atoms with Crippen LogP contribution in [0.15, 0.2) is 41.3 Å². The van der Waals surface area contributed by atoms with Gasteiger partial charge in [-0.25, -0.2) is 0 Å². The molecule has 7 heteroatoms. The Morgan fingerprint density at radius 1 is 1.27 bits per heavy atom. The number of benzene rings is 1. The third kappa shape index (κ3) is 2.85. The fraction of sp³-hybridized carbons (Fsp3) is 0.316. The van der Waals surface area contributed by atoms with Gasteiger partial charge >= 0.3 is 0 Å². The Morgan fingerprint density at radius 3 is 2.69 bits per heavy atom. The average molecular weight is 356 g/mol. The number of likely N-dealkylation sites (N-methyl/N-ethyl adjacent to an activating group) is 1. The average Bonchev–Trinajstić information content (AvgIpc) is 2.65. The standard InChI is InChI=1S/C19H20N2O5/c1-11(21-9-5-6-16(25-4)19(21)24)17(22)13-7-8-15-14(10-13)20(3)18(23)12(2)26-15/h5-12H,1-4H3. The van der Waals surface area contributed by atoms with Gasteiger partial charge in [-0.1, -0.05) is 0 Å². The summed E-state index contributed by atoms with van der Waals surface area (Å²) in [6.07, 6.45) is 0.982. The van der Waals surface area contributed by atoms with Crippen molar-refractivity contribution >= 4 is 17.4 Å². The number of Topliss-reactive ketones (excluding diaryl/α,β-unsaturated/α-hetero) is 1. The first kappa shape index (κ1) is 17.7. The first-order valence-corrected chi connectivity index (χ1v) is 8.22. The molecule has 3 rings (SSSR count). The molecular weight excluding hydrogens is 336 g/mol. The predicted molar refractivity (Wildman–Crippen MR) is 96.2 cm³/mol. The van der Waals surface area contributed by atoms with Gasteiger partial charge in [-0.2, -0.15) is 0 Å². The van der Waals surface area contributed by atoms with Crippen molar-refractivity contribution in [3.8, 4) is 11.5 Å². The summed E-state index contributed by atoms with van der Waals surface area (Å²) in [5, 5.41) is 0. The van der Waals surface area contributed by atoms with Crippen LogP contribution >= 0.6 is 0 Å². The molecule has 2 heterocycles. The summed E-state index contributed by atoms with van der Waals surface area (Å²) in [4.78, 5) is 38.8. The van der Waals surface area contributed by atoms with E-state index in [1.165, 1.54) is 16.6 Å². The lowest BCUT2D eigenvalue weighted by atomic mass is 10.0. The summed E-state index contributed by atoms with van der Waals surface area (Å²) in [5.41, 5.74) is 0.547. The number of nitrogens with zero attached hydrogens (tertiary/aromatic N) is 2. The van der Waals surface area contributed by atoms with Gasteiger partial charge in [0.25, 0.3) is 11.5 Å². The molecule has 1 aromatic carbocycles. The van der Waals surface area contributed by atoms with E-state index in [9.17, 15) is 14.4 Å². The second-order valence-corrected chi connectivity index (χ2v) is 6.17. The van der Waals surface area contributed by atoms with Crippen LogP contribution in [0, 0.1) is 0 Å². The number of hydrogen-bond donors (Lipinski definition) is 0. The van der Waals surface area contributed by atoms with Crippen LogP contribution in [0.2, 0.25) is 0 Å². The van der Waals surface area contributed by atoms with Gasteiger partial charge in [0, 0.05) is 18.8 Å². The Labute approximate surface area is 150 Å². The van der Waals surface area contributed by atoms with Crippen molar-refractivity contribution < 1.29 is 19.1 Å². The van der Waals surface area contributed by atoms with Crippen molar-refractivity contribution in [2.45, 2.75) is 26.0 Å². The molecule has 1 amide bonds. The molecule has 136 valence electrons. The molecule has 1 aromatic heterocycles. The lowest BCUT2D eigenvalue weighted by molar-refractivity contribution is -0.125. The van der Waals surface area contributed by atoms with Gasteiger partial charge in [0.15, 0.2) is 17.6 Å². The molecule has 0 fully saturated rings. The number of anilines is 1. The van der Waals surface area contributed by atoms with E-state index in [1.54, 1.807) is 57.4 Å². The molecule has 2 aromatic rings. The van der Waals surface area contributed by atoms with Crippen LogP contribution < -0.4 is 19.9 Å². The molecule has 2 atom stereocenters. The van der Waals surface area contributed by atoms with Crippen LogP contribution in [0.4, 0.5) is 5.69 Å². The number of ether oxygens (including phenoxy) is 2. The molecule has 2 unspecified atom stereocenters. The van der Waals surface area contributed by atoms with E-state index in [0.717, 1.165) is 0 Å². The van der Waals surface area contributed by atoms with E-state index >= 15 is 0 Å². The number of fused-ring (bicyclic) bond motifs is 1. The molecule has 26 heavy (non-hydrogen) atoms. The van der Waals surface area contributed by atoms with Crippen molar-refractivity contribution in [1.82, 2.24) is 4.57 Å². The van der Waals surface area contributed by atoms with Crippen LogP contribution in [0.5, 0.6) is 11.5 Å². The van der Waals surface area contributed by atoms with E-state index in [-0.39, 0.29) is 23.0 Å². The van der Waals surface area contributed by atoms with Gasteiger partial charge in [0.05, 0.1) is 18.8 Å². The minimum absolute atomic E-state index is 0.172. The van der Waals surface area contributed by atoms with Crippen LogP contribution in [0.25, 0.3) is 0 Å². The van der Waals surface area contributed by atoms with E-state index in [4.69, 9.17) is 9.47 Å². The third-order valence-electron chi connectivity index (χ3n) is 4.54. The second kappa shape index (κ2) is 6.67. The molecule has 0 saturated heterocycles. The maximum absolute atomic E-state index is 12.9. The highest BCUT2D eigenvalue weighted by molar-refractivity contribution is 6.03. The summed E-state index contributed by atoms with van der Waals surface area (Å²) in [6, 6.07) is 7.40. The zero-order chi connectivity index (χ0) is 19.0. The summed E-state index contributed by atoms with van der Waals surface area (Å²) >= 11 is 0. The summed E-state index contributed by atoms with van der Waals surface area (Å²) in [6.45, 7) is 3.33. The van der Waals surface area contributed by atoms with Crippen LogP contribution in [0.1, 0.15) is 30.2 Å². The van der Waals surface area contributed by atoms with Crippen molar-refractivity contribution in [3.05, 3.63) is 52.4 Å². The number of amides is 1. The highest BCUT2D eigenvalue weighted by Gasteiger charge is 2.30. The molecule has 0 N–H and O–H groups in total. The molecule has 0 radical (unpaired) electrons. The van der Waals surface area contributed by atoms with Crippen molar-refractivity contribution in [1.29, 1.82) is 0 Å². The molecule has 1 aliphatic rings. The van der Waals surface area contributed by atoms with E-state index in [1.807, 2.05) is 0 Å². The Morgan fingerprint density at radius 2 is 2.00 bits per heavy atom. The molecular formula is C19H20N2O5. The van der Waals surface area contributed by atoms with Gasteiger partial charge in [0.1, 0.15) is 5.75 Å². The van der Waals surface area contributed by atoms with Gasteiger partial charge in [-0.3, -0.25) is 14.4 Å². The number of carbonyl (C=O) groups excluding carboxylic acids is 2. The number of pyridine rings is 1. The maximum Gasteiger partial charge on any atom is 0.293 e. The number of hydrogen-bond acceptors (Lipinski definition) is 5. The van der Waals surface area contributed by atoms with Crippen molar-refractivity contribution in [2.24, 2.45) is 0 Å². The molecule has 0 saturated carbocycles. The minimum atomic E-state index is -0.722. The molecule has 0 aliphatic carbocycles. The number of ketones is 1. The number of aromatic nitrogens is 1. The zero-order valence-corrected chi connectivity index (χ0v) is 15.1. The first-order chi connectivity index (χ1) is 12.3. The zero-order valence-electron chi connectivity index (χ0n) is 15.1. The number of carbonyl (C=O) groups is 2. The fourth-order valence-corrected chi connectivity index (χ4v) is 2.98. The first-order valence-electron chi connectivity index (χ1n) is 8.22. The highest BCUT2D eigenvalue weighted by Crippen LogP contribution is 2.34. The smallest absolute Gasteiger partial charge is 0.293 e. The van der Waals surface area contributed by atoms with E-state index in [2.05, 4.69) is 0 Å². The lowest BCUT2D eigenvalue weighted by Crippen LogP contribution is -2.42. The van der Waals surface area contributed by atoms with Crippen LogP contribution in [-0.4, -0.2) is 36.5 Å². The highest BCUT2D eigenvalue weighted by atomic mass is 16.5. The van der Waals surface area contributed by atoms with Gasteiger partial charge in [-0.05, 0) is 44.2 Å². The van der Waals surface area contributed by atoms with E-state index < -0.39 is 12.1 Å². The summed E-state index contributed by atoms with van der Waals surface area (Å²) in [5.74, 6) is 0.287. The normalized spacial score (nSPS) is 17.3. The third-order valence-corrected chi connectivity index (χ3v) is 4.54. The molecule has 0 bridgehead atoms. The minimum Gasteiger partial charge on any atom is -0.491 e. The van der Waals surface area contributed by atoms with Crippen molar-refractivity contribution in [2.75, 3.05) is 19.1 Å². The predicted octanol–water partition coefficient (Wildman–Crippen LogP) is 2.04. The lowest BCUT2D eigenvalue weighted by Gasteiger charge is -2.30. The van der Waals surface area contributed by atoms with Crippen LogP contribution in [-0.2, 0) is 4.79 Å². The molecule has 1 aliphatic heterocycles. The Bertz CT molecular complexity index is 934. The van der Waals surface area contributed by atoms with Gasteiger partial charge in [-0.15, -0.1) is 0 Å². The monoisotopic (exact) mass is 356 g/mol. The fourth-order valence-electron chi connectivity index (χ4n) is 2.98. The quantitative estimate of drug-likeness (QED) is 0.784. The summed E-state index contributed by atoms with van der Waals surface area (Å²) in [7, 11) is 3.05. The largest absolute Gasteiger partial charge is 0.491 e. The van der Waals surface area contributed by atoms with Crippen LogP contribution in [0.3, 0.4) is 0 Å². The molecule has 7 nitrogen and oxygen atoms in total. The maximum atomic E-state index is 12.9. The van der Waals surface area contributed by atoms with Gasteiger partial charge in [0.2, 0.25) is 0 Å². The van der Waals surface area contributed by atoms with E-state index in [0.29, 0.717) is 17.0 Å². The molecule has 0 spiro atoms. The van der Waals surface area contributed by atoms with Gasteiger partial charge < -0.3 is 18.9 Å². The number of rotatable bonds is 4. The van der Waals surface area contributed by atoms with Crippen molar-refractivity contribution in [3.63, 3.8) is 0 Å². The Hall–Kier alpha value is -3.09. The summed E-state index contributed by atoms with van der Waals surface area (Å²) < 4.78 is 11.9. The number of methoxy groups -OCH3 is 1. The Kier molecular flexibility index (Phi) is 4.54. The Balaban J connectivity index is 1.96.